The van der Waals surface area contributed by atoms with E-state index in [-0.39, 0.29) is 11.8 Å². The largest absolute Gasteiger partial charge is 0.493 e. The lowest BCUT2D eigenvalue weighted by Gasteiger charge is -2.29. The highest BCUT2D eigenvalue weighted by atomic mass is 16.5. The van der Waals surface area contributed by atoms with Gasteiger partial charge in [-0.25, -0.2) is 0 Å². The molecule has 6 heteroatoms. The molecule has 2 amide bonds. The van der Waals surface area contributed by atoms with Gasteiger partial charge in [-0.1, -0.05) is 36.4 Å². The number of carbonyl (C=O) groups excluding carboxylic acids is 2. The van der Waals surface area contributed by atoms with Gasteiger partial charge < -0.3 is 20.1 Å². The summed E-state index contributed by atoms with van der Waals surface area (Å²) >= 11 is 0. The molecule has 2 N–H and O–H groups in total. The molecule has 0 aromatic heterocycles. The Kier molecular flexibility index (Phi) is 7.93. The molecule has 0 bridgehead atoms. The fourth-order valence-corrected chi connectivity index (χ4v) is 4.17. The first kappa shape index (κ1) is 22.7. The van der Waals surface area contributed by atoms with Crippen molar-refractivity contribution in [2.75, 3.05) is 20.8 Å². The normalized spacial score (nSPS) is 17.8. The Morgan fingerprint density at radius 2 is 1.84 bits per heavy atom. The van der Waals surface area contributed by atoms with Gasteiger partial charge in [-0.3, -0.25) is 9.59 Å². The van der Waals surface area contributed by atoms with Crippen LogP contribution in [-0.2, 0) is 22.4 Å². The number of hydrogen-bond donors (Lipinski definition) is 2. The summed E-state index contributed by atoms with van der Waals surface area (Å²) in [6.07, 6.45) is 4.72. The Labute approximate surface area is 184 Å². The Hall–Kier alpha value is -3.02. The topological polar surface area (TPSA) is 76.7 Å². The molecule has 0 aliphatic carbocycles. The Morgan fingerprint density at radius 3 is 2.52 bits per heavy atom. The van der Waals surface area contributed by atoms with Crippen LogP contribution in [0.3, 0.4) is 0 Å². The third kappa shape index (κ3) is 6.48. The van der Waals surface area contributed by atoms with Gasteiger partial charge in [0.1, 0.15) is 0 Å². The molecule has 1 saturated heterocycles. The molecule has 0 unspecified atom stereocenters. The van der Waals surface area contributed by atoms with Crippen LogP contribution in [0.25, 0.3) is 0 Å². The Balaban J connectivity index is 1.52. The molecule has 0 radical (unpaired) electrons. The molecule has 2 aromatic carbocycles. The van der Waals surface area contributed by atoms with Crippen LogP contribution in [0, 0.1) is 0 Å². The van der Waals surface area contributed by atoms with Gasteiger partial charge >= 0.3 is 0 Å². The van der Waals surface area contributed by atoms with E-state index in [4.69, 9.17) is 9.47 Å². The number of carbonyl (C=O) groups is 2. The van der Waals surface area contributed by atoms with Gasteiger partial charge in [0.05, 0.1) is 14.2 Å². The molecule has 1 fully saturated rings. The Morgan fingerprint density at radius 1 is 1.06 bits per heavy atom. The maximum atomic E-state index is 12.4. The predicted octanol–water partition coefficient (Wildman–Crippen LogP) is 3.42. The van der Waals surface area contributed by atoms with Crippen LogP contribution >= 0.6 is 0 Å². The number of rotatable bonds is 11. The van der Waals surface area contributed by atoms with Crippen LogP contribution < -0.4 is 20.1 Å². The lowest BCUT2D eigenvalue weighted by molar-refractivity contribution is -0.122. The number of benzene rings is 2. The highest BCUT2D eigenvalue weighted by Gasteiger charge is 2.38. The summed E-state index contributed by atoms with van der Waals surface area (Å²) in [7, 11) is 3.21. The van der Waals surface area contributed by atoms with Crippen molar-refractivity contribution in [1.82, 2.24) is 10.6 Å². The van der Waals surface area contributed by atoms with Gasteiger partial charge in [0.2, 0.25) is 11.8 Å². The van der Waals surface area contributed by atoms with E-state index in [1.165, 1.54) is 5.56 Å². The van der Waals surface area contributed by atoms with Crippen molar-refractivity contribution in [3.8, 4) is 11.5 Å². The van der Waals surface area contributed by atoms with Crippen molar-refractivity contribution in [3.05, 3.63) is 59.7 Å². The third-order valence-electron chi connectivity index (χ3n) is 5.86. The number of nitrogens with one attached hydrogen (secondary N) is 2. The first-order chi connectivity index (χ1) is 15.0. The lowest BCUT2D eigenvalue weighted by atomic mass is 9.85. The second-order valence-electron chi connectivity index (χ2n) is 8.13. The molecule has 6 nitrogen and oxygen atoms in total. The molecule has 2 aromatic rings. The monoisotopic (exact) mass is 424 g/mol. The zero-order chi connectivity index (χ0) is 22.1. The van der Waals surface area contributed by atoms with Gasteiger partial charge in [-0.15, -0.1) is 0 Å². The number of methoxy groups -OCH3 is 2. The average Bonchev–Trinajstić information content (AvgIpc) is 3.16. The lowest BCUT2D eigenvalue weighted by Crippen LogP contribution is -2.44. The van der Waals surface area contributed by atoms with Crippen molar-refractivity contribution in [1.29, 1.82) is 0 Å². The molecular formula is C25H32N2O4. The quantitative estimate of drug-likeness (QED) is 0.542. The van der Waals surface area contributed by atoms with Crippen LogP contribution in [0.1, 0.15) is 43.2 Å². The minimum atomic E-state index is -0.405. The summed E-state index contributed by atoms with van der Waals surface area (Å²) in [6, 6.07) is 16.1. The predicted molar refractivity (Wildman–Crippen MR) is 120 cm³/mol. The molecule has 1 atom stereocenters. The summed E-state index contributed by atoms with van der Waals surface area (Å²) in [5, 5.41) is 6.15. The number of ether oxygens (including phenoxy) is 2. The molecule has 1 aliphatic rings. The summed E-state index contributed by atoms with van der Waals surface area (Å²) in [5.41, 5.74) is 1.92. The zero-order valence-corrected chi connectivity index (χ0v) is 18.4. The summed E-state index contributed by atoms with van der Waals surface area (Å²) in [4.78, 5) is 24.4. The number of hydrogen-bond acceptors (Lipinski definition) is 4. The molecule has 31 heavy (non-hydrogen) atoms. The van der Waals surface area contributed by atoms with Crippen molar-refractivity contribution < 1.29 is 19.1 Å². The van der Waals surface area contributed by atoms with Gasteiger partial charge in [-0.05, 0) is 55.4 Å². The standard InChI is InChI=1S/C25H32N2O4/c1-30-21-11-10-20(17-22(21)31-2)18-25(15-13-24(29)27-25)14-12-23(28)26-16-6-9-19-7-4-3-5-8-19/h3-5,7-8,10-11,17H,6,9,12-16,18H2,1-2H3,(H,26,28)(H,27,29)/t25-/m0/s1. The van der Waals surface area contributed by atoms with Crippen molar-refractivity contribution >= 4 is 11.8 Å². The number of amides is 2. The van der Waals surface area contributed by atoms with Gasteiger partial charge in [0.15, 0.2) is 11.5 Å². The van der Waals surface area contributed by atoms with Gasteiger partial charge in [-0.2, -0.15) is 0 Å². The summed E-state index contributed by atoms with van der Waals surface area (Å²) in [5.74, 6) is 1.41. The smallest absolute Gasteiger partial charge is 0.220 e. The molecule has 1 aliphatic heterocycles. The highest BCUT2D eigenvalue weighted by Crippen LogP contribution is 2.33. The second kappa shape index (κ2) is 10.8. The van der Waals surface area contributed by atoms with Crippen LogP contribution in [0.15, 0.2) is 48.5 Å². The minimum Gasteiger partial charge on any atom is -0.493 e. The first-order valence-electron chi connectivity index (χ1n) is 10.9. The fourth-order valence-electron chi connectivity index (χ4n) is 4.17. The van der Waals surface area contributed by atoms with E-state index in [2.05, 4.69) is 22.8 Å². The van der Waals surface area contributed by atoms with Crippen molar-refractivity contribution in [2.45, 2.75) is 50.5 Å². The maximum absolute atomic E-state index is 12.4. The highest BCUT2D eigenvalue weighted by molar-refractivity contribution is 5.80. The molecular weight excluding hydrogens is 392 g/mol. The maximum Gasteiger partial charge on any atom is 0.220 e. The van der Waals surface area contributed by atoms with Crippen LogP contribution in [0.5, 0.6) is 11.5 Å². The van der Waals surface area contributed by atoms with Gasteiger partial charge in [0.25, 0.3) is 0 Å². The van der Waals surface area contributed by atoms with E-state index in [0.29, 0.717) is 43.7 Å². The van der Waals surface area contributed by atoms with Crippen LogP contribution in [0.4, 0.5) is 0 Å². The SMILES string of the molecule is COc1ccc(C[C@]2(CCC(=O)NCCCc3ccccc3)CCC(=O)N2)cc1OC. The van der Waals surface area contributed by atoms with E-state index in [9.17, 15) is 9.59 Å². The third-order valence-corrected chi connectivity index (χ3v) is 5.86. The molecule has 0 spiro atoms. The number of aryl methyl sites for hydroxylation is 1. The molecule has 166 valence electrons. The van der Waals surface area contributed by atoms with E-state index in [1.54, 1.807) is 14.2 Å². The van der Waals surface area contributed by atoms with Crippen molar-refractivity contribution in [2.24, 2.45) is 0 Å². The zero-order valence-electron chi connectivity index (χ0n) is 18.4. The van der Waals surface area contributed by atoms with Crippen molar-refractivity contribution in [3.63, 3.8) is 0 Å². The molecule has 3 rings (SSSR count). The summed E-state index contributed by atoms with van der Waals surface area (Å²) < 4.78 is 10.7. The second-order valence-corrected chi connectivity index (χ2v) is 8.13. The van der Waals surface area contributed by atoms with Crippen LogP contribution in [-0.4, -0.2) is 38.1 Å². The van der Waals surface area contributed by atoms with E-state index < -0.39 is 5.54 Å². The fraction of sp³-hybridized carbons (Fsp3) is 0.440. The average molecular weight is 425 g/mol. The molecule has 1 heterocycles. The Bertz CT molecular complexity index is 884. The minimum absolute atomic E-state index is 0.0286. The van der Waals surface area contributed by atoms with E-state index in [1.807, 2.05) is 36.4 Å². The van der Waals surface area contributed by atoms with Crippen LogP contribution in [0.2, 0.25) is 0 Å². The first-order valence-corrected chi connectivity index (χ1v) is 10.9. The van der Waals surface area contributed by atoms with E-state index in [0.717, 1.165) is 24.8 Å². The molecule has 0 saturated carbocycles. The van der Waals surface area contributed by atoms with E-state index >= 15 is 0 Å². The summed E-state index contributed by atoms with van der Waals surface area (Å²) in [6.45, 7) is 0.656. The van der Waals surface area contributed by atoms with Gasteiger partial charge in [0, 0.05) is 24.9 Å².